The zero-order chi connectivity index (χ0) is 20.3. The van der Waals surface area contributed by atoms with Gasteiger partial charge < -0.3 is 19.5 Å². The van der Waals surface area contributed by atoms with Crippen LogP contribution in [0.25, 0.3) is 0 Å². The third-order valence-electron chi connectivity index (χ3n) is 5.41. The van der Waals surface area contributed by atoms with Crippen molar-refractivity contribution in [2.24, 2.45) is 11.8 Å². The van der Waals surface area contributed by atoms with Crippen LogP contribution in [0.2, 0.25) is 0 Å². The van der Waals surface area contributed by atoms with Gasteiger partial charge in [0.05, 0.1) is 6.61 Å². The lowest BCUT2D eigenvalue weighted by molar-refractivity contribution is -0.145. The molecule has 2 bridgehead atoms. The lowest BCUT2D eigenvalue weighted by atomic mass is 9.93. The van der Waals surface area contributed by atoms with E-state index in [1.54, 1.807) is 6.92 Å². The average Bonchev–Trinajstić information content (AvgIpc) is 2.86. The van der Waals surface area contributed by atoms with Crippen LogP contribution in [0.1, 0.15) is 51.7 Å². The highest BCUT2D eigenvalue weighted by Gasteiger charge is 2.40. The van der Waals surface area contributed by atoms with Crippen LogP contribution in [0.3, 0.4) is 0 Å². The first-order valence-electron chi connectivity index (χ1n) is 10.1. The van der Waals surface area contributed by atoms with Crippen LogP contribution < -0.4 is 10.1 Å². The Morgan fingerprint density at radius 3 is 2.43 bits per heavy atom. The van der Waals surface area contributed by atoms with Gasteiger partial charge in [-0.2, -0.15) is 0 Å². The number of hydrogen-bond donors (Lipinski definition) is 1. The van der Waals surface area contributed by atoms with E-state index < -0.39 is 5.60 Å². The van der Waals surface area contributed by atoms with Gasteiger partial charge in [-0.15, -0.1) is 0 Å². The Morgan fingerprint density at radius 1 is 1.11 bits per heavy atom. The van der Waals surface area contributed by atoms with E-state index in [4.69, 9.17) is 14.2 Å². The highest BCUT2D eigenvalue weighted by molar-refractivity contribution is 5.71. The van der Waals surface area contributed by atoms with Crippen molar-refractivity contribution >= 4 is 12.1 Å². The zero-order valence-corrected chi connectivity index (χ0v) is 17.2. The van der Waals surface area contributed by atoms with E-state index in [0.29, 0.717) is 24.2 Å². The van der Waals surface area contributed by atoms with Gasteiger partial charge in [-0.3, -0.25) is 0 Å². The van der Waals surface area contributed by atoms with Gasteiger partial charge in [0.2, 0.25) is 0 Å². The molecule has 0 aliphatic heterocycles. The van der Waals surface area contributed by atoms with Gasteiger partial charge in [0.1, 0.15) is 11.4 Å². The number of fused-ring (bicyclic) bond motifs is 3. The Bertz CT molecular complexity index is 724. The molecule has 1 saturated carbocycles. The van der Waals surface area contributed by atoms with Crippen LogP contribution in [0.15, 0.2) is 18.2 Å². The smallest absolute Gasteiger partial charge is 0.407 e. The molecule has 1 aromatic carbocycles. The van der Waals surface area contributed by atoms with E-state index in [0.717, 1.165) is 25.7 Å². The Labute approximate surface area is 166 Å². The number of hydrogen-bond acceptors (Lipinski definition) is 5. The van der Waals surface area contributed by atoms with Crippen molar-refractivity contribution in [2.45, 2.75) is 65.0 Å². The van der Waals surface area contributed by atoms with Gasteiger partial charge in [0, 0.05) is 6.04 Å². The maximum Gasteiger partial charge on any atom is 0.407 e. The van der Waals surface area contributed by atoms with Crippen LogP contribution in [0.5, 0.6) is 5.75 Å². The quantitative estimate of drug-likeness (QED) is 0.778. The Morgan fingerprint density at radius 2 is 1.79 bits per heavy atom. The minimum absolute atomic E-state index is 0.0818. The van der Waals surface area contributed by atoms with Crippen molar-refractivity contribution in [3.63, 3.8) is 0 Å². The second kappa shape index (κ2) is 8.41. The molecule has 154 valence electrons. The molecule has 1 N–H and O–H groups in total. The van der Waals surface area contributed by atoms with Crippen molar-refractivity contribution in [1.29, 1.82) is 0 Å². The molecule has 6 heteroatoms. The molecule has 0 heterocycles. The highest BCUT2D eigenvalue weighted by atomic mass is 16.6. The Kier molecular flexibility index (Phi) is 6.16. The molecular formula is C22H31NO5. The fourth-order valence-corrected chi connectivity index (χ4v) is 4.30. The maximum absolute atomic E-state index is 12.3. The van der Waals surface area contributed by atoms with Crippen LogP contribution in [-0.4, -0.2) is 36.9 Å². The number of carbonyl (C=O) groups excluding carboxylic acids is 2. The molecule has 1 aromatic rings. The Balaban J connectivity index is 1.66. The number of nitrogens with one attached hydrogen (secondary N) is 1. The zero-order valence-electron chi connectivity index (χ0n) is 17.2. The van der Waals surface area contributed by atoms with Gasteiger partial charge in [0.25, 0.3) is 0 Å². The van der Waals surface area contributed by atoms with Gasteiger partial charge >= 0.3 is 12.1 Å². The van der Waals surface area contributed by atoms with E-state index in [-0.39, 0.29) is 24.7 Å². The van der Waals surface area contributed by atoms with Crippen LogP contribution >= 0.6 is 0 Å². The van der Waals surface area contributed by atoms with Crippen molar-refractivity contribution in [3.8, 4) is 5.75 Å². The molecule has 1 fully saturated rings. The average molecular weight is 389 g/mol. The first-order chi connectivity index (χ1) is 13.2. The molecular weight excluding hydrogens is 358 g/mol. The van der Waals surface area contributed by atoms with Crippen molar-refractivity contribution in [3.05, 3.63) is 29.3 Å². The second-order valence-electron chi connectivity index (χ2n) is 8.70. The van der Waals surface area contributed by atoms with E-state index in [1.807, 2.05) is 32.9 Å². The lowest BCUT2D eigenvalue weighted by Gasteiger charge is -2.26. The fourth-order valence-electron chi connectivity index (χ4n) is 4.30. The monoisotopic (exact) mass is 389 g/mol. The van der Waals surface area contributed by atoms with E-state index in [1.165, 1.54) is 11.1 Å². The SMILES string of the molecule is CCOC(=O)COc1ccc2c(c1)CC1CCC(C2)C1NC(=O)OC(C)(C)C. The maximum atomic E-state index is 12.3. The summed E-state index contributed by atoms with van der Waals surface area (Å²) in [5, 5.41) is 3.13. The van der Waals surface area contributed by atoms with Gasteiger partial charge in [-0.1, -0.05) is 6.07 Å². The largest absolute Gasteiger partial charge is 0.482 e. The summed E-state index contributed by atoms with van der Waals surface area (Å²) in [6.45, 7) is 7.67. The lowest BCUT2D eigenvalue weighted by Crippen LogP contribution is -2.44. The molecule has 28 heavy (non-hydrogen) atoms. The van der Waals surface area contributed by atoms with Crippen LogP contribution in [0.4, 0.5) is 4.79 Å². The number of esters is 1. The molecule has 3 rings (SSSR count). The third kappa shape index (κ3) is 5.18. The van der Waals surface area contributed by atoms with E-state index in [9.17, 15) is 9.59 Å². The van der Waals surface area contributed by atoms with Crippen molar-refractivity contribution < 1.29 is 23.8 Å². The summed E-state index contributed by atoms with van der Waals surface area (Å²) >= 11 is 0. The van der Waals surface area contributed by atoms with E-state index >= 15 is 0 Å². The molecule has 0 saturated heterocycles. The van der Waals surface area contributed by atoms with Crippen LogP contribution in [0, 0.1) is 11.8 Å². The number of benzene rings is 1. The summed E-state index contributed by atoms with van der Waals surface area (Å²) in [6.07, 6.45) is 3.70. The highest BCUT2D eigenvalue weighted by Crippen LogP contribution is 2.41. The molecule has 2 aliphatic rings. The molecule has 3 atom stereocenters. The number of amides is 1. The number of ether oxygens (including phenoxy) is 3. The molecule has 6 nitrogen and oxygen atoms in total. The van der Waals surface area contributed by atoms with Crippen molar-refractivity contribution in [2.75, 3.05) is 13.2 Å². The molecule has 3 unspecified atom stereocenters. The summed E-state index contributed by atoms with van der Waals surface area (Å²) in [5.41, 5.74) is 2.04. The van der Waals surface area contributed by atoms with Gasteiger partial charge in [0.15, 0.2) is 6.61 Å². The molecule has 0 radical (unpaired) electrons. The standard InChI is InChI=1S/C22H31NO5/c1-5-26-19(24)13-27-18-9-8-14-10-15-6-7-16(11-17(14)12-18)20(15)23-21(25)28-22(2,3)4/h8-9,12,15-16,20H,5-7,10-11,13H2,1-4H3,(H,23,25). The van der Waals surface area contributed by atoms with E-state index in [2.05, 4.69) is 11.4 Å². The summed E-state index contributed by atoms with van der Waals surface area (Å²) in [4.78, 5) is 23.8. The topological polar surface area (TPSA) is 73.9 Å². The summed E-state index contributed by atoms with van der Waals surface area (Å²) < 4.78 is 16.0. The van der Waals surface area contributed by atoms with Gasteiger partial charge in [-0.25, -0.2) is 9.59 Å². The second-order valence-corrected chi connectivity index (χ2v) is 8.70. The normalized spacial score (nSPS) is 23.4. The third-order valence-corrected chi connectivity index (χ3v) is 5.41. The summed E-state index contributed by atoms with van der Waals surface area (Å²) in [7, 11) is 0. The fraction of sp³-hybridized carbons (Fsp3) is 0.636. The molecule has 0 spiro atoms. The predicted octanol–water partition coefficient (Wildman–Crippen LogP) is 3.65. The first-order valence-corrected chi connectivity index (χ1v) is 10.1. The molecule has 1 amide bonds. The van der Waals surface area contributed by atoms with Crippen LogP contribution in [-0.2, 0) is 27.1 Å². The predicted molar refractivity (Wildman–Crippen MR) is 105 cm³/mol. The minimum atomic E-state index is -0.498. The minimum Gasteiger partial charge on any atom is -0.482 e. The molecule has 0 aromatic heterocycles. The molecule has 2 aliphatic carbocycles. The summed E-state index contributed by atoms with van der Waals surface area (Å²) in [6, 6.07) is 6.15. The van der Waals surface area contributed by atoms with Crippen molar-refractivity contribution in [1.82, 2.24) is 5.32 Å². The summed E-state index contributed by atoms with van der Waals surface area (Å²) in [5.74, 6) is 1.13. The number of rotatable bonds is 5. The number of carbonyl (C=O) groups is 2. The first kappa shape index (κ1) is 20.5. The Hall–Kier alpha value is -2.24. The number of alkyl carbamates (subject to hydrolysis) is 1. The van der Waals surface area contributed by atoms with Gasteiger partial charge in [-0.05, 0) is 88.5 Å².